The largest absolute Gasteiger partial charge is 0.484 e. The molecule has 1 aromatic carbocycles. The van der Waals surface area contributed by atoms with Gasteiger partial charge in [-0.3, -0.25) is 0 Å². The average Bonchev–Trinajstić information content (AvgIpc) is 2.85. The van der Waals surface area contributed by atoms with Gasteiger partial charge < -0.3 is 9.84 Å². The summed E-state index contributed by atoms with van der Waals surface area (Å²) in [5.41, 5.74) is 0.118. The lowest BCUT2D eigenvalue weighted by atomic mass is 10.2. The van der Waals surface area contributed by atoms with Gasteiger partial charge >= 0.3 is 5.97 Å². The first-order valence-corrected chi connectivity index (χ1v) is 6.41. The van der Waals surface area contributed by atoms with E-state index in [0.717, 1.165) is 0 Å². The molecular formula is C13H14ClN3O3. The van der Waals surface area contributed by atoms with Crippen LogP contribution in [-0.4, -0.2) is 25.8 Å². The van der Waals surface area contributed by atoms with Gasteiger partial charge in [0.15, 0.2) is 5.82 Å². The van der Waals surface area contributed by atoms with Gasteiger partial charge in [0, 0.05) is 6.04 Å². The second kappa shape index (κ2) is 5.92. The molecule has 0 radical (unpaired) electrons. The second-order valence-corrected chi connectivity index (χ2v) is 4.86. The number of hydrogen-bond donors (Lipinski definition) is 1. The molecule has 6 nitrogen and oxygen atoms in total. The first-order chi connectivity index (χ1) is 9.49. The number of benzene rings is 1. The van der Waals surface area contributed by atoms with Crippen LogP contribution in [0.5, 0.6) is 5.75 Å². The molecule has 0 spiro atoms. The van der Waals surface area contributed by atoms with Crippen molar-refractivity contribution in [2.75, 3.05) is 0 Å². The summed E-state index contributed by atoms with van der Waals surface area (Å²) in [5.74, 6) is 0.0614. The number of carbonyl (C=O) groups is 1. The lowest BCUT2D eigenvalue weighted by Crippen LogP contribution is -2.11. The summed E-state index contributed by atoms with van der Waals surface area (Å²) in [5, 5.41) is 13.2. The SMILES string of the molecule is CC(C)n1ncnc1COc1ccc(C(=O)O)cc1Cl. The molecule has 0 saturated heterocycles. The number of aromatic nitrogens is 3. The summed E-state index contributed by atoms with van der Waals surface area (Å²) in [7, 11) is 0. The van der Waals surface area contributed by atoms with E-state index < -0.39 is 5.97 Å². The van der Waals surface area contributed by atoms with Crippen LogP contribution in [0.2, 0.25) is 5.02 Å². The quantitative estimate of drug-likeness (QED) is 0.917. The Balaban J connectivity index is 2.11. The fraction of sp³-hybridized carbons (Fsp3) is 0.308. The number of carboxylic acid groups (broad SMARTS) is 1. The molecule has 0 aliphatic carbocycles. The summed E-state index contributed by atoms with van der Waals surface area (Å²) in [6.45, 7) is 4.20. The maximum atomic E-state index is 10.8. The van der Waals surface area contributed by atoms with E-state index in [2.05, 4.69) is 10.1 Å². The third-order valence-corrected chi connectivity index (χ3v) is 2.97. The number of rotatable bonds is 5. The molecule has 1 aromatic heterocycles. The Morgan fingerprint density at radius 2 is 2.25 bits per heavy atom. The smallest absolute Gasteiger partial charge is 0.335 e. The van der Waals surface area contributed by atoms with Crippen LogP contribution in [0.4, 0.5) is 0 Å². The van der Waals surface area contributed by atoms with Gasteiger partial charge in [0.05, 0.1) is 10.6 Å². The number of ether oxygens (including phenoxy) is 1. The highest BCUT2D eigenvalue weighted by atomic mass is 35.5. The van der Waals surface area contributed by atoms with Crippen LogP contribution >= 0.6 is 11.6 Å². The van der Waals surface area contributed by atoms with Crippen LogP contribution in [-0.2, 0) is 6.61 Å². The van der Waals surface area contributed by atoms with Crippen molar-refractivity contribution < 1.29 is 14.6 Å². The van der Waals surface area contributed by atoms with Gasteiger partial charge in [-0.05, 0) is 32.0 Å². The predicted molar refractivity (Wildman–Crippen MR) is 73.2 cm³/mol. The van der Waals surface area contributed by atoms with Gasteiger partial charge in [-0.25, -0.2) is 14.5 Å². The van der Waals surface area contributed by atoms with Crippen molar-refractivity contribution in [3.63, 3.8) is 0 Å². The molecule has 0 saturated carbocycles. The summed E-state index contributed by atoms with van der Waals surface area (Å²) >= 11 is 5.98. The zero-order valence-electron chi connectivity index (χ0n) is 11.1. The lowest BCUT2D eigenvalue weighted by Gasteiger charge is -2.11. The molecule has 2 rings (SSSR count). The topological polar surface area (TPSA) is 77.2 Å². The van der Waals surface area contributed by atoms with Crippen LogP contribution in [0.1, 0.15) is 36.1 Å². The molecule has 0 bridgehead atoms. The monoisotopic (exact) mass is 295 g/mol. The van der Waals surface area contributed by atoms with E-state index in [0.29, 0.717) is 11.6 Å². The molecule has 7 heteroatoms. The van der Waals surface area contributed by atoms with E-state index in [9.17, 15) is 4.79 Å². The van der Waals surface area contributed by atoms with E-state index in [1.54, 1.807) is 4.68 Å². The van der Waals surface area contributed by atoms with Crippen molar-refractivity contribution in [2.24, 2.45) is 0 Å². The molecule has 0 aliphatic heterocycles. The summed E-state index contributed by atoms with van der Waals surface area (Å²) in [4.78, 5) is 14.9. The van der Waals surface area contributed by atoms with E-state index >= 15 is 0 Å². The van der Waals surface area contributed by atoms with E-state index in [1.807, 2.05) is 13.8 Å². The Bertz CT molecular complexity index is 625. The average molecular weight is 296 g/mol. The number of carboxylic acids is 1. The van der Waals surface area contributed by atoms with Crippen LogP contribution in [0.15, 0.2) is 24.5 Å². The van der Waals surface area contributed by atoms with Gasteiger partial charge in [-0.1, -0.05) is 11.6 Å². The van der Waals surface area contributed by atoms with Gasteiger partial charge in [0.2, 0.25) is 0 Å². The number of aromatic carboxylic acids is 1. The first-order valence-electron chi connectivity index (χ1n) is 6.03. The van der Waals surface area contributed by atoms with Crippen molar-refractivity contribution in [1.82, 2.24) is 14.8 Å². The van der Waals surface area contributed by atoms with Crippen LogP contribution in [0, 0.1) is 0 Å². The highest BCUT2D eigenvalue weighted by molar-refractivity contribution is 6.32. The second-order valence-electron chi connectivity index (χ2n) is 4.45. The van der Waals surface area contributed by atoms with Gasteiger partial charge in [-0.15, -0.1) is 0 Å². The Morgan fingerprint density at radius 3 is 2.85 bits per heavy atom. The highest BCUT2D eigenvalue weighted by Gasteiger charge is 2.11. The molecule has 106 valence electrons. The lowest BCUT2D eigenvalue weighted by molar-refractivity contribution is 0.0697. The fourth-order valence-corrected chi connectivity index (χ4v) is 1.94. The standard InChI is InChI=1S/C13H14ClN3O3/c1-8(2)17-12(15-7-16-17)6-20-11-4-3-9(13(18)19)5-10(11)14/h3-5,7-8H,6H2,1-2H3,(H,18,19). The fourth-order valence-electron chi connectivity index (χ4n) is 1.70. The van der Waals surface area contributed by atoms with Gasteiger partial charge in [0.1, 0.15) is 18.7 Å². The third kappa shape index (κ3) is 3.08. The Hall–Kier alpha value is -2.08. The molecule has 2 aromatic rings. The summed E-state index contributed by atoms with van der Waals surface area (Å²) in [6.07, 6.45) is 1.47. The van der Waals surface area contributed by atoms with Gasteiger partial charge in [-0.2, -0.15) is 5.10 Å². The predicted octanol–water partition coefficient (Wildman–Crippen LogP) is 2.79. The van der Waals surface area contributed by atoms with E-state index in [1.165, 1.54) is 24.5 Å². The minimum atomic E-state index is -1.03. The van der Waals surface area contributed by atoms with Crippen molar-refractivity contribution in [3.8, 4) is 5.75 Å². The Labute approximate surface area is 121 Å². The number of hydrogen-bond acceptors (Lipinski definition) is 4. The van der Waals surface area contributed by atoms with Gasteiger partial charge in [0.25, 0.3) is 0 Å². The molecule has 0 amide bonds. The molecule has 0 aliphatic rings. The zero-order chi connectivity index (χ0) is 14.7. The number of nitrogens with zero attached hydrogens (tertiary/aromatic N) is 3. The minimum Gasteiger partial charge on any atom is -0.484 e. The van der Waals surface area contributed by atoms with Crippen LogP contribution in [0.3, 0.4) is 0 Å². The van der Waals surface area contributed by atoms with Crippen molar-refractivity contribution in [2.45, 2.75) is 26.5 Å². The van der Waals surface area contributed by atoms with E-state index in [-0.39, 0.29) is 23.2 Å². The molecular weight excluding hydrogens is 282 g/mol. The van der Waals surface area contributed by atoms with Crippen molar-refractivity contribution >= 4 is 17.6 Å². The molecule has 20 heavy (non-hydrogen) atoms. The normalized spacial score (nSPS) is 10.8. The van der Waals surface area contributed by atoms with Crippen LogP contribution in [0.25, 0.3) is 0 Å². The maximum absolute atomic E-state index is 10.8. The summed E-state index contributed by atoms with van der Waals surface area (Å²) in [6, 6.07) is 4.51. The minimum absolute atomic E-state index is 0.118. The maximum Gasteiger partial charge on any atom is 0.335 e. The Morgan fingerprint density at radius 1 is 1.50 bits per heavy atom. The van der Waals surface area contributed by atoms with Crippen molar-refractivity contribution in [3.05, 3.63) is 40.9 Å². The van der Waals surface area contributed by atoms with E-state index in [4.69, 9.17) is 21.4 Å². The first kappa shape index (κ1) is 14.3. The molecule has 0 atom stereocenters. The zero-order valence-corrected chi connectivity index (χ0v) is 11.8. The summed E-state index contributed by atoms with van der Waals surface area (Å²) < 4.78 is 7.31. The van der Waals surface area contributed by atoms with Crippen LogP contribution < -0.4 is 4.74 Å². The highest BCUT2D eigenvalue weighted by Crippen LogP contribution is 2.26. The number of halogens is 1. The Kier molecular flexibility index (Phi) is 4.24. The van der Waals surface area contributed by atoms with Crippen molar-refractivity contribution in [1.29, 1.82) is 0 Å². The molecule has 0 fully saturated rings. The molecule has 0 unspecified atom stereocenters. The molecule has 1 heterocycles. The molecule has 1 N–H and O–H groups in total. The third-order valence-electron chi connectivity index (χ3n) is 2.67.